The normalized spacial score (nSPS) is 14.3. The van der Waals surface area contributed by atoms with Crippen LogP contribution in [0.3, 0.4) is 0 Å². The van der Waals surface area contributed by atoms with Crippen LogP contribution in [0.1, 0.15) is 27.2 Å². The minimum atomic E-state index is -3.70. The summed E-state index contributed by atoms with van der Waals surface area (Å²) in [6.45, 7) is 5.89. The van der Waals surface area contributed by atoms with Crippen LogP contribution in [0.2, 0.25) is 10.0 Å². The first-order valence-electron chi connectivity index (χ1n) is 6.14. The molecule has 1 rings (SSSR count). The first kappa shape index (κ1) is 17.7. The van der Waals surface area contributed by atoms with Gasteiger partial charge < -0.3 is 5.11 Å². The number of hydrogen-bond donors (Lipinski definition) is 2. The Bertz CT molecular complexity index is 567. The Balaban J connectivity index is 2.73. The van der Waals surface area contributed by atoms with Crippen molar-refractivity contribution in [2.24, 2.45) is 5.41 Å². The van der Waals surface area contributed by atoms with Crippen LogP contribution in [0.15, 0.2) is 23.1 Å². The van der Waals surface area contributed by atoms with Crippen LogP contribution in [-0.2, 0) is 10.0 Å². The van der Waals surface area contributed by atoms with Crippen molar-refractivity contribution in [1.82, 2.24) is 4.72 Å². The lowest BCUT2D eigenvalue weighted by Crippen LogP contribution is -2.34. The third-order valence-electron chi connectivity index (χ3n) is 2.56. The van der Waals surface area contributed by atoms with E-state index in [-0.39, 0.29) is 21.9 Å². The van der Waals surface area contributed by atoms with Crippen molar-refractivity contribution in [2.75, 3.05) is 6.54 Å². The maximum Gasteiger partial charge on any atom is 0.240 e. The van der Waals surface area contributed by atoms with Crippen LogP contribution in [-0.4, -0.2) is 26.2 Å². The molecule has 0 radical (unpaired) electrons. The molecule has 0 spiro atoms. The number of nitrogens with one attached hydrogen (secondary N) is 1. The van der Waals surface area contributed by atoms with Crippen LogP contribution in [0.4, 0.5) is 0 Å². The Kier molecular flexibility index (Phi) is 5.87. The zero-order valence-corrected chi connectivity index (χ0v) is 14.0. The van der Waals surface area contributed by atoms with Crippen molar-refractivity contribution in [3.63, 3.8) is 0 Å². The zero-order valence-electron chi connectivity index (χ0n) is 11.7. The van der Waals surface area contributed by atoms with E-state index in [1.807, 2.05) is 20.8 Å². The SMILES string of the molecule is CC(C)(C)CC(O)CNS(=O)(=O)c1ccc(Cl)c(Cl)c1. The number of hydrogen-bond acceptors (Lipinski definition) is 3. The molecular formula is C13H19Cl2NO3S. The van der Waals surface area contributed by atoms with Crippen molar-refractivity contribution in [1.29, 1.82) is 0 Å². The van der Waals surface area contributed by atoms with Gasteiger partial charge in [-0.2, -0.15) is 0 Å². The van der Waals surface area contributed by atoms with Crippen molar-refractivity contribution >= 4 is 33.2 Å². The first-order chi connectivity index (χ1) is 9.01. The van der Waals surface area contributed by atoms with Gasteiger partial charge in [-0.05, 0) is 30.0 Å². The second kappa shape index (κ2) is 6.62. The fourth-order valence-corrected chi connectivity index (χ4v) is 3.17. The lowest BCUT2D eigenvalue weighted by molar-refractivity contribution is 0.125. The average Bonchev–Trinajstić information content (AvgIpc) is 2.28. The van der Waals surface area contributed by atoms with Crippen molar-refractivity contribution in [3.05, 3.63) is 28.2 Å². The molecule has 4 nitrogen and oxygen atoms in total. The van der Waals surface area contributed by atoms with Gasteiger partial charge in [0.05, 0.1) is 21.0 Å². The Morgan fingerprint density at radius 1 is 1.25 bits per heavy atom. The largest absolute Gasteiger partial charge is 0.392 e. The molecule has 1 aromatic rings. The van der Waals surface area contributed by atoms with E-state index in [0.29, 0.717) is 11.4 Å². The molecule has 1 aromatic carbocycles. The van der Waals surface area contributed by atoms with E-state index in [4.69, 9.17) is 23.2 Å². The molecule has 0 saturated heterocycles. The number of aliphatic hydroxyl groups is 1. The van der Waals surface area contributed by atoms with Gasteiger partial charge in [0.25, 0.3) is 0 Å². The lowest BCUT2D eigenvalue weighted by Gasteiger charge is -2.22. The van der Waals surface area contributed by atoms with Crippen LogP contribution >= 0.6 is 23.2 Å². The fourth-order valence-electron chi connectivity index (χ4n) is 1.71. The number of benzene rings is 1. The molecule has 0 saturated carbocycles. The third-order valence-corrected chi connectivity index (χ3v) is 4.72. The molecule has 2 N–H and O–H groups in total. The number of halogens is 2. The molecule has 114 valence electrons. The summed E-state index contributed by atoms with van der Waals surface area (Å²) in [5, 5.41) is 10.3. The number of rotatable bonds is 5. The van der Waals surface area contributed by atoms with E-state index >= 15 is 0 Å². The average molecular weight is 340 g/mol. The van der Waals surface area contributed by atoms with Crippen molar-refractivity contribution in [3.8, 4) is 0 Å². The molecular weight excluding hydrogens is 321 g/mol. The minimum Gasteiger partial charge on any atom is -0.392 e. The lowest BCUT2D eigenvalue weighted by atomic mass is 9.89. The van der Waals surface area contributed by atoms with Gasteiger partial charge in [0.15, 0.2) is 0 Å². The molecule has 0 amide bonds. The van der Waals surface area contributed by atoms with E-state index in [9.17, 15) is 13.5 Å². The third kappa shape index (κ3) is 5.58. The maximum atomic E-state index is 12.0. The van der Waals surface area contributed by atoms with Gasteiger partial charge in [0.1, 0.15) is 0 Å². The standard InChI is InChI=1S/C13H19Cl2NO3S/c1-13(2,3)7-9(17)8-16-20(18,19)10-4-5-11(14)12(15)6-10/h4-6,9,16-17H,7-8H2,1-3H3. The van der Waals surface area contributed by atoms with Gasteiger partial charge in [0.2, 0.25) is 10.0 Å². The maximum absolute atomic E-state index is 12.0. The van der Waals surface area contributed by atoms with Gasteiger partial charge in [-0.1, -0.05) is 44.0 Å². The predicted octanol–water partition coefficient (Wildman–Crippen LogP) is 3.07. The van der Waals surface area contributed by atoms with Gasteiger partial charge in [-0.3, -0.25) is 0 Å². The van der Waals surface area contributed by atoms with Crippen LogP contribution in [0, 0.1) is 5.41 Å². The summed E-state index contributed by atoms with van der Waals surface area (Å²) >= 11 is 11.5. The van der Waals surface area contributed by atoms with Crippen molar-refractivity contribution < 1.29 is 13.5 Å². The summed E-state index contributed by atoms with van der Waals surface area (Å²) in [5.41, 5.74) is -0.0750. The van der Waals surface area contributed by atoms with Gasteiger partial charge >= 0.3 is 0 Å². The van der Waals surface area contributed by atoms with E-state index in [1.165, 1.54) is 18.2 Å². The molecule has 0 aliphatic carbocycles. The second-order valence-electron chi connectivity index (χ2n) is 5.85. The Morgan fingerprint density at radius 2 is 1.85 bits per heavy atom. The minimum absolute atomic E-state index is 0.0230. The number of sulfonamides is 1. The van der Waals surface area contributed by atoms with Crippen LogP contribution in [0.25, 0.3) is 0 Å². The van der Waals surface area contributed by atoms with Crippen LogP contribution < -0.4 is 4.72 Å². The van der Waals surface area contributed by atoms with Gasteiger partial charge in [-0.25, -0.2) is 13.1 Å². The molecule has 1 atom stereocenters. The molecule has 0 aliphatic heterocycles. The van der Waals surface area contributed by atoms with E-state index in [1.54, 1.807) is 0 Å². The summed E-state index contributed by atoms with van der Waals surface area (Å²) in [4.78, 5) is 0.0230. The fraction of sp³-hybridized carbons (Fsp3) is 0.538. The zero-order chi connectivity index (χ0) is 15.6. The topological polar surface area (TPSA) is 66.4 Å². The summed E-state index contributed by atoms with van der Waals surface area (Å²) in [7, 11) is -3.70. The van der Waals surface area contributed by atoms with E-state index in [2.05, 4.69) is 4.72 Å². The molecule has 0 heterocycles. The first-order valence-corrected chi connectivity index (χ1v) is 8.38. The Labute approximate surface area is 130 Å². The highest BCUT2D eigenvalue weighted by molar-refractivity contribution is 7.89. The molecule has 0 fully saturated rings. The molecule has 7 heteroatoms. The molecule has 20 heavy (non-hydrogen) atoms. The van der Waals surface area contributed by atoms with Gasteiger partial charge in [-0.15, -0.1) is 0 Å². The molecule has 0 bridgehead atoms. The molecule has 0 aromatic heterocycles. The number of aliphatic hydroxyl groups excluding tert-OH is 1. The summed E-state index contributed by atoms with van der Waals surface area (Å²) in [6, 6.07) is 4.07. The summed E-state index contributed by atoms with van der Waals surface area (Å²) < 4.78 is 26.4. The quantitative estimate of drug-likeness (QED) is 0.866. The van der Waals surface area contributed by atoms with E-state index < -0.39 is 16.1 Å². The highest BCUT2D eigenvalue weighted by Gasteiger charge is 2.20. The van der Waals surface area contributed by atoms with E-state index in [0.717, 1.165) is 0 Å². The molecule has 0 aliphatic rings. The summed E-state index contributed by atoms with van der Waals surface area (Å²) in [6.07, 6.45) is -0.246. The highest BCUT2D eigenvalue weighted by Crippen LogP contribution is 2.25. The highest BCUT2D eigenvalue weighted by atomic mass is 35.5. The summed E-state index contributed by atoms with van der Waals surface area (Å²) in [5.74, 6) is 0. The monoisotopic (exact) mass is 339 g/mol. The van der Waals surface area contributed by atoms with Gasteiger partial charge in [0, 0.05) is 6.54 Å². The smallest absolute Gasteiger partial charge is 0.240 e. The predicted molar refractivity (Wildman–Crippen MR) is 81.7 cm³/mol. The molecule has 1 unspecified atom stereocenters. The second-order valence-corrected chi connectivity index (χ2v) is 8.43. The van der Waals surface area contributed by atoms with Crippen LogP contribution in [0.5, 0.6) is 0 Å². The Morgan fingerprint density at radius 3 is 2.35 bits per heavy atom. The van der Waals surface area contributed by atoms with Crippen molar-refractivity contribution in [2.45, 2.75) is 38.2 Å². The Hall–Kier alpha value is -0.330.